The van der Waals surface area contributed by atoms with Gasteiger partial charge in [-0.05, 0) is 68.5 Å². The van der Waals surface area contributed by atoms with E-state index in [-0.39, 0.29) is 18.2 Å². The first kappa shape index (κ1) is 17.6. The van der Waals surface area contributed by atoms with Crippen LogP contribution in [0.1, 0.15) is 30.4 Å². The second-order valence-electron chi connectivity index (χ2n) is 6.66. The molecule has 22 heavy (non-hydrogen) atoms. The molecule has 1 aromatic rings. The van der Waals surface area contributed by atoms with Crippen molar-refractivity contribution < 1.29 is 8.78 Å². The van der Waals surface area contributed by atoms with Gasteiger partial charge >= 0.3 is 0 Å². The van der Waals surface area contributed by atoms with Gasteiger partial charge < -0.3 is 5.32 Å². The zero-order valence-electron chi connectivity index (χ0n) is 13.1. The number of likely N-dealkylation sites (tertiary alicyclic amines) is 1. The Kier molecular flexibility index (Phi) is 5.81. The highest BCUT2D eigenvalue weighted by Gasteiger charge is 2.40. The highest BCUT2D eigenvalue weighted by Crippen LogP contribution is 2.37. The fourth-order valence-electron chi connectivity index (χ4n) is 3.66. The molecule has 2 aliphatic rings. The molecule has 2 heterocycles. The molecule has 124 valence electrons. The van der Waals surface area contributed by atoms with Gasteiger partial charge in [0.05, 0.1) is 0 Å². The van der Waals surface area contributed by atoms with Gasteiger partial charge in [0.15, 0.2) is 0 Å². The van der Waals surface area contributed by atoms with Crippen molar-refractivity contribution >= 4 is 12.4 Å². The maximum atomic E-state index is 15.2. The summed E-state index contributed by atoms with van der Waals surface area (Å²) in [5.41, 5.74) is -0.0913. The standard InChI is InChI=1S/C17H24F2N2.ClH/c1-13-8-15(10-16(18)9-13)17(19)4-7-21(12-17)11-14-2-5-20-6-3-14;/h8-10,14,20H,2-7,11-12H2,1H3;1H. The van der Waals surface area contributed by atoms with Crippen molar-refractivity contribution in [2.75, 3.05) is 32.7 Å². The molecule has 2 aliphatic heterocycles. The molecular formula is C17H25ClF2N2. The fourth-order valence-corrected chi connectivity index (χ4v) is 3.66. The maximum Gasteiger partial charge on any atom is 0.149 e. The van der Waals surface area contributed by atoms with Gasteiger partial charge in [-0.1, -0.05) is 6.07 Å². The van der Waals surface area contributed by atoms with Crippen LogP contribution in [0.5, 0.6) is 0 Å². The lowest BCUT2D eigenvalue weighted by Crippen LogP contribution is -2.36. The van der Waals surface area contributed by atoms with Crippen LogP contribution in [-0.2, 0) is 5.67 Å². The van der Waals surface area contributed by atoms with Crippen molar-refractivity contribution in [2.24, 2.45) is 5.92 Å². The molecule has 2 fully saturated rings. The minimum absolute atomic E-state index is 0. The van der Waals surface area contributed by atoms with Gasteiger partial charge in [0.1, 0.15) is 11.5 Å². The van der Waals surface area contributed by atoms with Crippen LogP contribution >= 0.6 is 12.4 Å². The summed E-state index contributed by atoms with van der Waals surface area (Å²) in [7, 11) is 0. The predicted octanol–water partition coefficient (Wildman–Crippen LogP) is 3.43. The third-order valence-electron chi connectivity index (χ3n) is 4.83. The lowest BCUT2D eigenvalue weighted by atomic mass is 9.93. The molecule has 0 amide bonds. The lowest BCUT2D eigenvalue weighted by Gasteiger charge is -2.28. The summed E-state index contributed by atoms with van der Waals surface area (Å²) < 4.78 is 28.7. The van der Waals surface area contributed by atoms with E-state index in [0.29, 0.717) is 24.4 Å². The van der Waals surface area contributed by atoms with E-state index < -0.39 is 5.67 Å². The molecule has 0 saturated carbocycles. The Balaban J connectivity index is 0.00000176. The molecular weight excluding hydrogens is 306 g/mol. The number of rotatable bonds is 3. The summed E-state index contributed by atoms with van der Waals surface area (Å²) in [5, 5.41) is 3.36. The Morgan fingerprint density at radius 1 is 1.27 bits per heavy atom. The molecule has 3 rings (SSSR count). The van der Waals surface area contributed by atoms with Crippen LogP contribution < -0.4 is 5.32 Å². The van der Waals surface area contributed by atoms with E-state index in [9.17, 15) is 4.39 Å². The molecule has 1 aromatic carbocycles. The van der Waals surface area contributed by atoms with Gasteiger partial charge in [-0.15, -0.1) is 12.4 Å². The number of piperidine rings is 1. The van der Waals surface area contributed by atoms with Crippen LogP contribution in [0.4, 0.5) is 8.78 Å². The number of benzene rings is 1. The topological polar surface area (TPSA) is 15.3 Å². The van der Waals surface area contributed by atoms with Gasteiger partial charge in [-0.2, -0.15) is 0 Å². The Morgan fingerprint density at radius 2 is 2.00 bits per heavy atom. The van der Waals surface area contributed by atoms with Crippen molar-refractivity contribution in [1.29, 1.82) is 0 Å². The lowest BCUT2D eigenvalue weighted by molar-refractivity contribution is 0.154. The minimum Gasteiger partial charge on any atom is -0.317 e. The smallest absolute Gasteiger partial charge is 0.149 e. The van der Waals surface area contributed by atoms with Crippen LogP contribution in [0.15, 0.2) is 18.2 Å². The Morgan fingerprint density at radius 3 is 2.68 bits per heavy atom. The number of nitrogens with zero attached hydrogens (tertiary/aromatic N) is 1. The molecule has 2 nitrogen and oxygen atoms in total. The summed E-state index contributed by atoms with van der Waals surface area (Å²) >= 11 is 0. The highest BCUT2D eigenvalue weighted by molar-refractivity contribution is 5.85. The number of alkyl halides is 1. The van der Waals surface area contributed by atoms with E-state index in [1.54, 1.807) is 6.07 Å². The van der Waals surface area contributed by atoms with Crippen LogP contribution in [0.2, 0.25) is 0 Å². The molecule has 0 aromatic heterocycles. The van der Waals surface area contributed by atoms with Crippen molar-refractivity contribution in [3.63, 3.8) is 0 Å². The van der Waals surface area contributed by atoms with Crippen LogP contribution in [-0.4, -0.2) is 37.6 Å². The van der Waals surface area contributed by atoms with Crippen LogP contribution in [0.25, 0.3) is 0 Å². The van der Waals surface area contributed by atoms with E-state index in [4.69, 9.17) is 0 Å². The third kappa shape index (κ3) is 3.98. The van der Waals surface area contributed by atoms with Crippen molar-refractivity contribution in [3.05, 3.63) is 35.1 Å². The van der Waals surface area contributed by atoms with E-state index in [1.165, 1.54) is 25.0 Å². The quantitative estimate of drug-likeness (QED) is 0.913. The van der Waals surface area contributed by atoms with E-state index in [1.807, 2.05) is 6.92 Å². The number of halogens is 3. The predicted molar refractivity (Wildman–Crippen MR) is 87.8 cm³/mol. The van der Waals surface area contributed by atoms with Gasteiger partial charge in [-0.25, -0.2) is 8.78 Å². The normalized spacial score (nSPS) is 26.9. The summed E-state index contributed by atoms with van der Waals surface area (Å²) in [6.45, 7) is 6.11. The van der Waals surface area contributed by atoms with E-state index in [0.717, 1.165) is 31.7 Å². The van der Waals surface area contributed by atoms with Crippen molar-refractivity contribution in [1.82, 2.24) is 10.2 Å². The average molecular weight is 331 g/mol. The molecule has 2 saturated heterocycles. The first-order valence-electron chi connectivity index (χ1n) is 7.95. The Bertz CT molecular complexity index is 485. The first-order chi connectivity index (χ1) is 10.0. The molecule has 0 spiro atoms. The Hall–Kier alpha value is -0.710. The number of aryl methyl sites for hydroxylation is 1. The molecule has 0 aliphatic carbocycles. The Labute approximate surface area is 137 Å². The summed E-state index contributed by atoms with van der Waals surface area (Å²) in [6.07, 6.45) is 2.82. The van der Waals surface area contributed by atoms with Gasteiger partial charge in [0.25, 0.3) is 0 Å². The monoisotopic (exact) mass is 330 g/mol. The summed E-state index contributed by atoms with van der Waals surface area (Å²) in [6, 6.07) is 4.60. The van der Waals surface area contributed by atoms with Crippen LogP contribution in [0.3, 0.4) is 0 Å². The highest BCUT2D eigenvalue weighted by atomic mass is 35.5. The molecule has 5 heteroatoms. The zero-order valence-corrected chi connectivity index (χ0v) is 13.9. The summed E-state index contributed by atoms with van der Waals surface area (Å²) in [4.78, 5) is 2.22. The maximum absolute atomic E-state index is 15.2. The van der Waals surface area contributed by atoms with Gasteiger partial charge in [0, 0.05) is 19.6 Å². The van der Waals surface area contributed by atoms with Gasteiger partial charge in [0.2, 0.25) is 0 Å². The van der Waals surface area contributed by atoms with E-state index in [2.05, 4.69) is 10.2 Å². The van der Waals surface area contributed by atoms with E-state index >= 15 is 4.39 Å². The van der Waals surface area contributed by atoms with Crippen LogP contribution in [0, 0.1) is 18.7 Å². The summed E-state index contributed by atoms with van der Waals surface area (Å²) in [5.74, 6) is 0.335. The third-order valence-corrected chi connectivity index (χ3v) is 4.83. The average Bonchev–Trinajstić information content (AvgIpc) is 2.82. The van der Waals surface area contributed by atoms with Gasteiger partial charge in [-0.3, -0.25) is 4.90 Å². The molecule has 1 unspecified atom stereocenters. The second kappa shape index (κ2) is 7.24. The SMILES string of the molecule is Cc1cc(F)cc(C2(F)CCN(CC3CCNCC3)C2)c1.Cl. The van der Waals surface area contributed by atoms with Crippen molar-refractivity contribution in [2.45, 2.75) is 31.9 Å². The first-order valence-corrected chi connectivity index (χ1v) is 7.95. The van der Waals surface area contributed by atoms with Crippen molar-refractivity contribution in [3.8, 4) is 0 Å². The number of hydrogen-bond acceptors (Lipinski definition) is 2. The zero-order chi connectivity index (χ0) is 14.9. The fraction of sp³-hybridized carbons (Fsp3) is 0.647. The molecule has 0 bridgehead atoms. The minimum atomic E-state index is -1.39. The molecule has 0 radical (unpaired) electrons. The molecule has 1 N–H and O–H groups in total. The number of hydrogen-bond donors (Lipinski definition) is 1. The number of nitrogens with one attached hydrogen (secondary N) is 1. The largest absolute Gasteiger partial charge is 0.317 e. The molecule has 1 atom stereocenters. The second-order valence-corrected chi connectivity index (χ2v) is 6.66.